The summed E-state index contributed by atoms with van der Waals surface area (Å²) in [6.07, 6.45) is 2.30. The van der Waals surface area contributed by atoms with Crippen molar-refractivity contribution in [3.05, 3.63) is 53.8 Å². The molecule has 10 heteroatoms. The minimum absolute atomic E-state index is 0.00204. The number of likely N-dealkylation sites (N-methyl/N-ethyl adjacent to an activating group) is 1. The summed E-state index contributed by atoms with van der Waals surface area (Å²) >= 11 is 0. The van der Waals surface area contributed by atoms with E-state index >= 15 is 0 Å². The van der Waals surface area contributed by atoms with Crippen LogP contribution in [0.2, 0.25) is 0 Å². The van der Waals surface area contributed by atoms with Gasteiger partial charge >= 0.3 is 0 Å². The van der Waals surface area contributed by atoms with Gasteiger partial charge < -0.3 is 19.6 Å². The first kappa shape index (κ1) is 27.3. The predicted octanol–water partition coefficient (Wildman–Crippen LogP) is 3.12. The van der Waals surface area contributed by atoms with Crippen LogP contribution in [0.3, 0.4) is 0 Å². The molecule has 0 bridgehead atoms. The molecule has 0 spiro atoms. The number of amides is 1. The van der Waals surface area contributed by atoms with Crippen molar-refractivity contribution in [2.24, 2.45) is 11.8 Å². The second kappa shape index (κ2) is 11.4. The highest BCUT2D eigenvalue weighted by Crippen LogP contribution is 2.32. The van der Waals surface area contributed by atoms with Gasteiger partial charge in [-0.05, 0) is 75.2 Å². The Hall–Kier alpha value is -2.69. The maximum Gasteiger partial charge on any atom is 0.261 e. The van der Waals surface area contributed by atoms with Crippen LogP contribution in [0.5, 0.6) is 5.75 Å². The Kier molecular flexibility index (Phi) is 8.40. The molecule has 8 nitrogen and oxygen atoms in total. The lowest BCUT2D eigenvalue weighted by molar-refractivity contribution is -0.134. The Labute approximate surface area is 218 Å². The van der Waals surface area contributed by atoms with E-state index in [0.29, 0.717) is 24.4 Å². The van der Waals surface area contributed by atoms with E-state index in [2.05, 4.69) is 23.6 Å². The van der Waals surface area contributed by atoms with Crippen molar-refractivity contribution in [1.82, 2.24) is 9.80 Å². The molecule has 1 aliphatic heterocycles. The lowest BCUT2D eigenvalue weighted by atomic mass is 10.0. The number of halogens is 1. The third-order valence-electron chi connectivity index (χ3n) is 7.05. The number of anilines is 1. The highest BCUT2D eigenvalue weighted by molar-refractivity contribution is 7.92. The molecule has 37 heavy (non-hydrogen) atoms. The van der Waals surface area contributed by atoms with E-state index < -0.39 is 15.8 Å². The van der Waals surface area contributed by atoms with E-state index in [4.69, 9.17) is 4.74 Å². The Morgan fingerprint density at radius 3 is 2.54 bits per heavy atom. The van der Waals surface area contributed by atoms with Crippen LogP contribution in [-0.4, -0.2) is 74.7 Å². The highest BCUT2D eigenvalue weighted by Gasteiger charge is 2.32. The lowest BCUT2D eigenvalue weighted by Gasteiger charge is -2.34. The highest BCUT2D eigenvalue weighted by atomic mass is 32.2. The topological polar surface area (TPSA) is 99.2 Å². The van der Waals surface area contributed by atoms with Crippen molar-refractivity contribution >= 4 is 21.6 Å². The zero-order valence-corrected chi connectivity index (χ0v) is 22.4. The number of aliphatic hydroxyl groups excluding tert-OH is 1. The SMILES string of the molecule is C[C@H](CO)N1C[C@H](C)[C@@H](CN(C)CC2CC2)Oc2ccc(NS(=O)(=O)c3ccc(F)cc3)cc2CC1=O. The molecule has 2 N–H and O–H groups in total. The molecule has 4 rings (SSSR count). The van der Waals surface area contributed by atoms with E-state index in [1.807, 2.05) is 6.92 Å². The molecule has 2 aromatic rings. The second-order valence-corrected chi connectivity index (χ2v) is 12.1. The molecule has 0 radical (unpaired) electrons. The van der Waals surface area contributed by atoms with E-state index in [1.165, 1.54) is 25.0 Å². The zero-order valence-electron chi connectivity index (χ0n) is 21.6. The van der Waals surface area contributed by atoms with Crippen molar-refractivity contribution in [3.8, 4) is 5.75 Å². The number of benzene rings is 2. The Bertz CT molecular complexity index is 1200. The first-order valence-corrected chi connectivity index (χ1v) is 14.2. The summed E-state index contributed by atoms with van der Waals surface area (Å²) in [7, 11) is -1.88. The monoisotopic (exact) mass is 533 g/mol. The van der Waals surface area contributed by atoms with Crippen molar-refractivity contribution in [1.29, 1.82) is 0 Å². The molecule has 1 fully saturated rings. The van der Waals surface area contributed by atoms with Crippen molar-refractivity contribution in [3.63, 3.8) is 0 Å². The Morgan fingerprint density at radius 2 is 1.89 bits per heavy atom. The fourth-order valence-electron chi connectivity index (χ4n) is 4.66. The molecule has 202 valence electrons. The number of nitrogens with zero attached hydrogens (tertiary/aromatic N) is 2. The summed E-state index contributed by atoms with van der Waals surface area (Å²) < 4.78 is 48.0. The molecule has 2 aliphatic rings. The van der Waals surface area contributed by atoms with Gasteiger partial charge in [-0.25, -0.2) is 12.8 Å². The smallest absolute Gasteiger partial charge is 0.261 e. The van der Waals surface area contributed by atoms with Gasteiger partial charge in [-0.1, -0.05) is 6.92 Å². The van der Waals surface area contributed by atoms with Crippen LogP contribution in [0.15, 0.2) is 47.4 Å². The van der Waals surface area contributed by atoms with Crippen LogP contribution in [0.25, 0.3) is 0 Å². The molecule has 2 aromatic carbocycles. The van der Waals surface area contributed by atoms with E-state index in [1.54, 1.807) is 23.1 Å². The minimum atomic E-state index is -3.96. The van der Waals surface area contributed by atoms with Gasteiger partial charge in [-0.2, -0.15) is 0 Å². The first-order valence-electron chi connectivity index (χ1n) is 12.7. The molecular weight excluding hydrogens is 497 g/mol. The average molecular weight is 534 g/mol. The van der Waals surface area contributed by atoms with E-state index in [-0.39, 0.29) is 47.6 Å². The van der Waals surface area contributed by atoms with Crippen LogP contribution in [0, 0.1) is 17.7 Å². The molecule has 1 saturated carbocycles. The number of hydrogen-bond donors (Lipinski definition) is 2. The number of ether oxygens (including phenoxy) is 1. The Morgan fingerprint density at radius 1 is 1.19 bits per heavy atom. The van der Waals surface area contributed by atoms with Crippen LogP contribution < -0.4 is 9.46 Å². The summed E-state index contributed by atoms with van der Waals surface area (Å²) in [5.74, 6) is 0.576. The number of rotatable bonds is 9. The van der Waals surface area contributed by atoms with Crippen molar-refractivity contribution in [2.45, 2.75) is 50.2 Å². The number of fused-ring (bicyclic) bond motifs is 1. The number of hydrogen-bond acceptors (Lipinski definition) is 6. The summed E-state index contributed by atoms with van der Waals surface area (Å²) in [6, 6.07) is 9.11. The minimum Gasteiger partial charge on any atom is -0.488 e. The fourth-order valence-corrected chi connectivity index (χ4v) is 5.71. The molecule has 0 unspecified atom stereocenters. The van der Waals surface area contributed by atoms with Crippen LogP contribution in [0.1, 0.15) is 32.3 Å². The second-order valence-electron chi connectivity index (χ2n) is 10.4. The molecular formula is C27H36FN3O5S. The van der Waals surface area contributed by atoms with Gasteiger partial charge in [0, 0.05) is 36.8 Å². The van der Waals surface area contributed by atoms with Crippen LogP contribution in [0.4, 0.5) is 10.1 Å². The quantitative estimate of drug-likeness (QED) is 0.514. The maximum atomic E-state index is 13.3. The van der Waals surface area contributed by atoms with Gasteiger partial charge in [0.15, 0.2) is 0 Å². The molecule has 1 heterocycles. The average Bonchev–Trinajstić information content (AvgIpc) is 3.65. The number of carbonyl (C=O) groups is 1. The van der Waals surface area contributed by atoms with Gasteiger partial charge in [0.05, 0.1) is 24.0 Å². The fraction of sp³-hybridized carbons (Fsp3) is 0.519. The number of nitrogens with one attached hydrogen (secondary N) is 1. The molecule has 1 aliphatic carbocycles. The standard InChI is InChI=1S/C27H36FN3O5S/c1-18-14-31(19(2)17-32)27(33)13-21-12-23(29-37(34,35)24-9-6-22(28)7-10-24)8-11-25(21)36-26(18)16-30(3)15-20-4-5-20/h6-12,18-20,26,29,32H,4-5,13-17H2,1-3H3/t18-,19+,26+/m0/s1. The predicted molar refractivity (Wildman–Crippen MR) is 139 cm³/mol. The van der Waals surface area contributed by atoms with Crippen LogP contribution >= 0.6 is 0 Å². The summed E-state index contributed by atoms with van der Waals surface area (Å²) in [5.41, 5.74) is 0.833. The van der Waals surface area contributed by atoms with E-state index in [9.17, 15) is 22.7 Å². The van der Waals surface area contributed by atoms with Gasteiger partial charge in [-0.15, -0.1) is 0 Å². The van der Waals surface area contributed by atoms with Gasteiger partial charge in [0.2, 0.25) is 5.91 Å². The van der Waals surface area contributed by atoms with Gasteiger partial charge in [-0.3, -0.25) is 9.52 Å². The largest absolute Gasteiger partial charge is 0.488 e. The zero-order chi connectivity index (χ0) is 26.7. The first-order chi connectivity index (χ1) is 17.6. The number of aliphatic hydroxyl groups is 1. The summed E-state index contributed by atoms with van der Waals surface area (Å²) in [5, 5.41) is 9.80. The Balaban J connectivity index is 1.63. The maximum absolute atomic E-state index is 13.3. The van der Waals surface area contributed by atoms with Gasteiger partial charge in [0.25, 0.3) is 10.0 Å². The lowest BCUT2D eigenvalue weighted by Crippen LogP contribution is -2.47. The van der Waals surface area contributed by atoms with Gasteiger partial charge in [0.1, 0.15) is 17.7 Å². The third kappa shape index (κ3) is 7.00. The number of sulfonamides is 1. The molecule has 1 amide bonds. The molecule has 0 saturated heterocycles. The molecule has 3 atom stereocenters. The molecule has 0 aromatic heterocycles. The van der Waals surface area contributed by atoms with Crippen molar-refractivity contribution in [2.75, 3.05) is 38.0 Å². The summed E-state index contributed by atoms with van der Waals surface area (Å²) in [6.45, 7) is 5.84. The summed E-state index contributed by atoms with van der Waals surface area (Å²) in [4.78, 5) is 17.2. The van der Waals surface area contributed by atoms with Crippen LogP contribution in [-0.2, 0) is 21.2 Å². The van der Waals surface area contributed by atoms with Crippen molar-refractivity contribution < 1.29 is 27.4 Å². The normalized spacial score (nSPS) is 21.5. The third-order valence-corrected chi connectivity index (χ3v) is 8.45. The number of carbonyl (C=O) groups excluding carboxylic acids is 1. The van der Waals surface area contributed by atoms with E-state index in [0.717, 1.165) is 24.6 Å².